The highest BCUT2D eigenvalue weighted by Crippen LogP contribution is 2.35. The van der Waals surface area contributed by atoms with E-state index in [0.717, 1.165) is 10.9 Å². The summed E-state index contributed by atoms with van der Waals surface area (Å²) in [6, 6.07) is 8.03. The van der Waals surface area contributed by atoms with Gasteiger partial charge in [-0.1, -0.05) is 17.7 Å². The number of carbonyl (C=O) groups is 3. The largest absolute Gasteiger partial charge is 0.368 e. The molecule has 1 aliphatic rings. The first-order chi connectivity index (χ1) is 16.7. The van der Waals surface area contributed by atoms with E-state index in [1.165, 1.54) is 21.9 Å². The fraction of sp³-hybridized carbons (Fsp3) is 0.385. The topological polar surface area (TPSA) is 102 Å². The third-order valence-electron chi connectivity index (χ3n) is 6.49. The summed E-state index contributed by atoms with van der Waals surface area (Å²) in [6.07, 6.45) is 1.89. The van der Waals surface area contributed by atoms with E-state index < -0.39 is 23.2 Å². The van der Waals surface area contributed by atoms with Gasteiger partial charge in [0, 0.05) is 35.8 Å². The van der Waals surface area contributed by atoms with Crippen molar-refractivity contribution in [2.75, 3.05) is 19.6 Å². The third-order valence-corrected chi connectivity index (χ3v) is 6.80. The monoisotopic (exact) mass is 513 g/mol. The lowest BCUT2D eigenvalue weighted by atomic mass is 9.96. The van der Waals surface area contributed by atoms with Crippen LogP contribution in [0.3, 0.4) is 0 Å². The molecule has 0 aliphatic carbocycles. The van der Waals surface area contributed by atoms with Crippen molar-refractivity contribution in [3.05, 3.63) is 53.1 Å². The van der Waals surface area contributed by atoms with E-state index in [1.54, 1.807) is 32.0 Å². The smallest absolute Gasteiger partial charge is 0.273 e. The van der Waals surface area contributed by atoms with Crippen LogP contribution in [0, 0.1) is 5.82 Å². The highest BCUT2D eigenvalue weighted by atomic mass is 35.5. The molecule has 2 aromatic heterocycles. The molecule has 1 aromatic carbocycles. The second-order valence-corrected chi connectivity index (χ2v) is 10.9. The Labute approximate surface area is 213 Å². The summed E-state index contributed by atoms with van der Waals surface area (Å²) in [5.41, 5.74) is 5.86. The molecule has 0 atom stereocenters. The number of fused-ring (bicyclic) bond motifs is 1. The van der Waals surface area contributed by atoms with E-state index in [9.17, 15) is 18.8 Å². The summed E-state index contributed by atoms with van der Waals surface area (Å²) in [6.45, 7) is 9.55. The van der Waals surface area contributed by atoms with E-state index in [2.05, 4.69) is 0 Å². The number of aromatic nitrogens is 2. The molecule has 3 amide bonds. The molecule has 0 bridgehead atoms. The second-order valence-electron chi connectivity index (χ2n) is 10.5. The fourth-order valence-corrected chi connectivity index (χ4v) is 4.68. The quantitative estimate of drug-likeness (QED) is 0.573. The first-order valence-corrected chi connectivity index (χ1v) is 12.0. The van der Waals surface area contributed by atoms with E-state index in [0.29, 0.717) is 11.2 Å². The number of primary amides is 1. The summed E-state index contributed by atoms with van der Waals surface area (Å²) < 4.78 is 16.2. The number of piperazine rings is 1. The summed E-state index contributed by atoms with van der Waals surface area (Å²) in [7, 11) is 0. The van der Waals surface area contributed by atoms with E-state index in [4.69, 9.17) is 22.3 Å². The van der Waals surface area contributed by atoms with Crippen molar-refractivity contribution in [3.8, 4) is 11.1 Å². The Balaban J connectivity index is 1.77. The predicted molar refractivity (Wildman–Crippen MR) is 136 cm³/mol. The van der Waals surface area contributed by atoms with Crippen LogP contribution in [0.1, 0.15) is 45.1 Å². The molecule has 36 heavy (non-hydrogen) atoms. The van der Waals surface area contributed by atoms with Crippen molar-refractivity contribution in [2.45, 2.75) is 45.7 Å². The number of nitrogens with two attached hydrogens (primary N) is 1. The standard InChI is InChI=1S/C26H29ClFN5O3/c1-25(2,3)33-13-17(15-6-8-18(27)19(28)12-15)16-7-9-20(30-22(16)33)23(35)32-11-10-31(14-21(29)34)24(36)26(32,4)5/h6-9,12-13H,10-11,14H2,1-5H3,(H2,29,34). The first kappa shape index (κ1) is 25.6. The Morgan fingerprint density at radius 2 is 1.86 bits per heavy atom. The molecule has 8 nitrogen and oxygen atoms in total. The van der Waals surface area contributed by atoms with Gasteiger partial charge in [-0.05, 0) is 64.4 Å². The second kappa shape index (κ2) is 8.89. The number of benzene rings is 1. The number of nitrogens with zero attached hydrogens (tertiary/aromatic N) is 4. The van der Waals surface area contributed by atoms with Crippen molar-refractivity contribution in [2.24, 2.45) is 5.73 Å². The van der Waals surface area contributed by atoms with Gasteiger partial charge < -0.3 is 20.1 Å². The molecule has 2 N–H and O–H groups in total. The molecule has 1 fully saturated rings. The minimum atomic E-state index is -1.18. The normalized spacial score (nSPS) is 16.0. The van der Waals surface area contributed by atoms with Crippen LogP contribution < -0.4 is 5.73 Å². The zero-order valence-electron chi connectivity index (χ0n) is 20.9. The number of pyridine rings is 1. The highest BCUT2D eigenvalue weighted by Gasteiger charge is 2.45. The summed E-state index contributed by atoms with van der Waals surface area (Å²) in [4.78, 5) is 45.5. The van der Waals surface area contributed by atoms with Crippen molar-refractivity contribution in [3.63, 3.8) is 0 Å². The average Bonchev–Trinajstić information content (AvgIpc) is 3.18. The maximum atomic E-state index is 14.2. The van der Waals surface area contributed by atoms with E-state index in [-0.39, 0.29) is 41.8 Å². The minimum absolute atomic E-state index is 0.0393. The number of halogens is 2. The zero-order chi connectivity index (χ0) is 26.6. The van der Waals surface area contributed by atoms with Crippen LogP contribution in [0.25, 0.3) is 22.2 Å². The Bertz CT molecular complexity index is 1390. The molecule has 0 spiro atoms. The van der Waals surface area contributed by atoms with Gasteiger partial charge in [-0.3, -0.25) is 14.4 Å². The number of hydrogen-bond donors (Lipinski definition) is 1. The van der Waals surface area contributed by atoms with Gasteiger partial charge in [-0.15, -0.1) is 0 Å². The minimum Gasteiger partial charge on any atom is -0.368 e. The SMILES string of the molecule is CC1(C)C(=O)N(CC(N)=O)CCN1C(=O)c1ccc2c(-c3ccc(Cl)c(F)c3)cn(C(C)(C)C)c2n1. The molecular formula is C26H29ClFN5O3. The Morgan fingerprint density at radius 3 is 2.47 bits per heavy atom. The molecule has 1 aliphatic heterocycles. The summed E-state index contributed by atoms with van der Waals surface area (Å²) >= 11 is 5.88. The Hall–Kier alpha value is -3.46. The molecule has 0 unspecified atom stereocenters. The van der Waals surface area contributed by atoms with Crippen molar-refractivity contribution < 1.29 is 18.8 Å². The van der Waals surface area contributed by atoms with Gasteiger partial charge in [0.25, 0.3) is 5.91 Å². The maximum absolute atomic E-state index is 14.2. The van der Waals surface area contributed by atoms with Crippen molar-refractivity contribution >= 4 is 40.4 Å². The lowest BCUT2D eigenvalue weighted by molar-refractivity contribution is -0.148. The van der Waals surface area contributed by atoms with Gasteiger partial charge in [-0.25, -0.2) is 9.37 Å². The van der Waals surface area contributed by atoms with Gasteiger partial charge in [0.2, 0.25) is 11.8 Å². The number of amides is 3. The summed E-state index contributed by atoms with van der Waals surface area (Å²) in [5.74, 6) is -1.87. The van der Waals surface area contributed by atoms with E-state index >= 15 is 0 Å². The first-order valence-electron chi connectivity index (χ1n) is 11.6. The molecule has 4 rings (SSSR count). The van der Waals surface area contributed by atoms with Crippen LogP contribution in [0.4, 0.5) is 4.39 Å². The van der Waals surface area contributed by atoms with Gasteiger partial charge in [0.05, 0.1) is 11.6 Å². The molecule has 0 saturated carbocycles. The molecule has 190 valence electrons. The fourth-order valence-electron chi connectivity index (χ4n) is 4.56. The molecule has 10 heteroatoms. The number of carbonyl (C=O) groups excluding carboxylic acids is 3. The van der Waals surface area contributed by atoms with Crippen LogP contribution in [0.2, 0.25) is 5.02 Å². The van der Waals surface area contributed by atoms with Crippen LogP contribution in [-0.4, -0.2) is 62.2 Å². The van der Waals surface area contributed by atoms with Crippen LogP contribution >= 0.6 is 11.6 Å². The van der Waals surface area contributed by atoms with Gasteiger partial charge in [0.15, 0.2) is 0 Å². The lowest BCUT2D eigenvalue weighted by Gasteiger charge is -2.45. The molecule has 0 radical (unpaired) electrons. The number of rotatable bonds is 4. The highest BCUT2D eigenvalue weighted by molar-refractivity contribution is 6.30. The molecule has 3 aromatic rings. The molecule has 3 heterocycles. The predicted octanol–water partition coefficient (Wildman–Crippen LogP) is 3.80. The maximum Gasteiger partial charge on any atom is 0.273 e. The number of hydrogen-bond acceptors (Lipinski definition) is 4. The molecular weight excluding hydrogens is 485 g/mol. The van der Waals surface area contributed by atoms with Gasteiger partial charge in [-0.2, -0.15) is 0 Å². The Morgan fingerprint density at radius 1 is 1.17 bits per heavy atom. The Kier molecular flexibility index (Phi) is 6.33. The van der Waals surface area contributed by atoms with E-state index in [1.807, 2.05) is 31.5 Å². The van der Waals surface area contributed by atoms with Crippen LogP contribution in [0.15, 0.2) is 36.5 Å². The molecule has 1 saturated heterocycles. The lowest BCUT2D eigenvalue weighted by Crippen LogP contribution is -2.65. The average molecular weight is 514 g/mol. The van der Waals surface area contributed by atoms with Gasteiger partial charge >= 0.3 is 0 Å². The van der Waals surface area contributed by atoms with Crippen molar-refractivity contribution in [1.29, 1.82) is 0 Å². The third kappa shape index (κ3) is 4.43. The van der Waals surface area contributed by atoms with Crippen molar-refractivity contribution in [1.82, 2.24) is 19.4 Å². The summed E-state index contributed by atoms with van der Waals surface area (Å²) in [5, 5.41) is 0.794. The zero-order valence-corrected chi connectivity index (χ0v) is 21.7. The van der Waals surface area contributed by atoms with Crippen LogP contribution in [0.5, 0.6) is 0 Å². The van der Waals surface area contributed by atoms with Gasteiger partial charge in [0.1, 0.15) is 22.7 Å². The van der Waals surface area contributed by atoms with Crippen LogP contribution in [-0.2, 0) is 15.1 Å².